The third-order valence-electron chi connectivity index (χ3n) is 1.59. The minimum Gasteiger partial charge on any atom is -0.359 e. The fraction of sp³-hybridized carbons (Fsp3) is 0. The molecule has 0 aromatic carbocycles. The van der Waals surface area contributed by atoms with Crippen LogP contribution in [0.4, 0.5) is 8.28 Å². The summed E-state index contributed by atoms with van der Waals surface area (Å²) in [6.45, 7) is 0. The summed E-state index contributed by atoms with van der Waals surface area (Å²) in [4.78, 5) is 6.30. The van der Waals surface area contributed by atoms with E-state index >= 15 is 0 Å². The molecule has 0 spiro atoms. The maximum absolute atomic E-state index is 12.9. The quantitative estimate of drug-likeness (QED) is 0.741. The van der Waals surface area contributed by atoms with E-state index in [2.05, 4.69) is 9.97 Å². The molecule has 0 bridgehead atoms. The van der Waals surface area contributed by atoms with Crippen LogP contribution < -0.4 is 0 Å². The van der Waals surface area contributed by atoms with Crippen molar-refractivity contribution >= 4 is 23.1 Å². The van der Waals surface area contributed by atoms with E-state index in [1.807, 2.05) is 0 Å². The minimum absolute atomic E-state index is 0.00259. The Balaban J connectivity index is 2.82. The largest absolute Gasteiger partial charge is 0.359 e. The number of pyridine rings is 1. The molecule has 2 heterocycles. The summed E-state index contributed by atoms with van der Waals surface area (Å²) < 4.78 is 25.1. The fourth-order valence-electron chi connectivity index (χ4n) is 1.05. The van der Waals surface area contributed by atoms with E-state index in [4.69, 9.17) is 0 Å². The molecular formula is C7H4F2N2S. The van der Waals surface area contributed by atoms with Gasteiger partial charge in [-0.15, -0.1) is 0 Å². The highest BCUT2D eigenvalue weighted by Crippen LogP contribution is 2.26. The van der Waals surface area contributed by atoms with Crippen molar-refractivity contribution < 1.29 is 8.28 Å². The molecule has 0 aliphatic rings. The lowest BCUT2D eigenvalue weighted by molar-refractivity contribution is 0.631. The number of rotatable bonds is 1. The van der Waals surface area contributed by atoms with Crippen molar-refractivity contribution in [3.8, 4) is 0 Å². The van der Waals surface area contributed by atoms with Crippen LogP contribution in [0.1, 0.15) is 0 Å². The van der Waals surface area contributed by atoms with Crippen LogP contribution in [-0.2, 0) is 0 Å². The van der Waals surface area contributed by atoms with Crippen molar-refractivity contribution in [3.05, 3.63) is 24.3 Å². The second-order valence-corrected chi connectivity index (χ2v) is 2.80. The Morgan fingerprint density at radius 1 is 1.50 bits per heavy atom. The van der Waals surface area contributed by atoms with Gasteiger partial charge in [0.1, 0.15) is 12.1 Å². The number of hydrogen-bond donors (Lipinski definition) is 1. The molecular weight excluding hydrogens is 182 g/mol. The number of fused-ring (bicyclic) bond motifs is 1. The minimum atomic E-state index is -0.441. The SMILES string of the molecule is FSc1ncc(F)c2cc[nH]c12. The lowest BCUT2D eigenvalue weighted by atomic mass is 10.3. The Morgan fingerprint density at radius 3 is 3.08 bits per heavy atom. The second kappa shape index (κ2) is 2.75. The first-order valence-corrected chi connectivity index (χ1v) is 3.95. The van der Waals surface area contributed by atoms with E-state index in [1.54, 1.807) is 12.3 Å². The average molecular weight is 186 g/mol. The molecule has 2 aromatic heterocycles. The van der Waals surface area contributed by atoms with Gasteiger partial charge in [0.15, 0.2) is 10.8 Å². The number of nitrogens with one attached hydrogen (secondary N) is 1. The normalized spacial score (nSPS) is 10.8. The molecule has 2 rings (SSSR count). The first-order valence-electron chi connectivity index (χ1n) is 3.23. The molecule has 0 fully saturated rings. The van der Waals surface area contributed by atoms with Crippen LogP contribution in [0.25, 0.3) is 10.9 Å². The summed E-state index contributed by atoms with van der Waals surface area (Å²) in [5.74, 6) is -0.441. The third-order valence-corrected chi connectivity index (χ3v) is 2.04. The van der Waals surface area contributed by atoms with Crippen molar-refractivity contribution in [1.29, 1.82) is 0 Å². The average Bonchev–Trinajstić information content (AvgIpc) is 2.54. The molecule has 0 saturated carbocycles. The molecule has 0 aliphatic carbocycles. The molecule has 0 saturated heterocycles. The van der Waals surface area contributed by atoms with Crippen LogP contribution in [0.5, 0.6) is 0 Å². The maximum atomic E-state index is 12.9. The summed E-state index contributed by atoms with van der Waals surface area (Å²) in [6.07, 6.45) is 2.56. The van der Waals surface area contributed by atoms with E-state index in [9.17, 15) is 8.28 Å². The summed E-state index contributed by atoms with van der Waals surface area (Å²) in [7, 11) is 0. The van der Waals surface area contributed by atoms with Gasteiger partial charge in [-0.3, -0.25) is 0 Å². The molecule has 2 nitrogen and oxygen atoms in total. The van der Waals surface area contributed by atoms with Crippen molar-refractivity contribution in [1.82, 2.24) is 9.97 Å². The predicted molar refractivity (Wildman–Crippen MR) is 43.0 cm³/mol. The highest BCUT2D eigenvalue weighted by molar-refractivity contribution is 7.94. The number of hydrogen-bond acceptors (Lipinski definition) is 2. The molecule has 1 N–H and O–H groups in total. The highest BCUT2D eigenvalue weighted by atomic mass is 32.2. The van der Waals surface area contributed by atoms with Gasteiger partial charge in [-0.25, -0.2) is 9.37 Å². The zero-order valence-electron chi connectivity index (χ0n) is 5.84. The van der Waals surface area contributed by atoms with Crippen LogP contribution in [0, 0.1) is 5.82 Å². The molecule has 5 heteroatoms. The smallest absolute Gasteiger partial charge is 0.153 e. The number of aromatic amines is 1. The van der Waals surface area contributed by atoms with E-state index in [1.165, 1.54) is 0 Å². The van der Waals surface area contributed by atoms with Crippen LogP contribution in [-0.4, -0.2) is 9.97 Å². The van der Waals surface area contributed by atoms with E-state index < -0.39 is 5.82 Å². The Hall–Kier alpha value is -1.10. The summed E-state index contributed by atoms with van der Waals surface area (Å²) in [5, 5.41) is 0.529. The van der Waals surface area contributed by atoms with Gasteiger partial charge < -0.3 is 4.98 Å². The van der Waals surface area contributed by atoms with Crippen molar-refractivity contribution in [2.45, 2.75) is 5.03 Å². The van der Waals surface area contributed by atoms with Gasteiger partial charge in [0.05, 0.1) is 11.7 Å². The number of aromatic nitrogens is 2. The zero-order chi connectivity index (χ0) is 8.55. The fourth-order valence-corrected chi connectivity index (χ4v) is 1.39. The summed E-state index contributed by atoms with van der Waals surface area (Å²) in [6, 6.07) is 1.55. The Kier molecular flexibility index (Phi) is 1.73. The topological polar surface area (TPSA) is 28.7 Å². The van der Waals surface area contributed by atoms with Gasteiger partial charge in [-0.05, 0) is 6.07 Å². The van der Waals surface area contributed by atoms with Gasteiger partial charge in [-0.1, -0.05) is 0 Å². The molecule has 0 atom stereocenters. The lowest BCUT2D eigenvalue weighted by Crippen LogP contribution is -1.83. The second-order valence-electron chi connectivity index (χ2n) is 2.25. The van der Waals surface area contributed by atoms with E-state index in [0.29, 0.717) is 10.9 Å². The molecule has 0 unspecified atom stereocenters. The van der Waals surface area contributed by atoms with Crippen molar-refractivity contribution in [2.24, 2.45) is 0 Å². The van der Waals surface area contributed by atoms with Gasteiger partial charge in [-0.2, -0.15) is 3.89 Å². The van der Waals surface area contributed by atoms with Crippen LogP contribution in [0.15, 0.2) is 23.5 Å². The van der Waals surface area contributed by atoms with E-state index in [-0.39, 0.29) is 17.2 Å². The molecule has 2 aromatic rings. The first kappa shape index (κ1) is 7.54. The molecule has 0 amide bonds. The third kappa shape index (κ3) is 0.972. The highest BCUT2D eigenvalue weighted by Gasteiger charge is 2.08. The standard InChI is InChI=1S/C7H4F2N2S/c8-5-3-11-7(12-9)6-4(5)1-2-10-6/h1-3,10H. The van der Waals surface area contributed by atoms with Gasteiger partial charge in [0.25, 0.3) is 0 Å². The van der Waals surface area contributed by atoms with Gasteiger partial charge in [0, 0.05) is 11.6 Å². The van der Waals surface area contributed by atoms with Gasteiger partial charge in [0.2, 0.25) is 0 Å². The number of H-pyrrole nitrogens is 1. The number of nitrogens with zero attached hydrogens (tertiary/aromatic N) is 1. The van der Waals surface area contributed by atoms with Crippen LogP contribution >= 0.6 is 12.1 Å². The first-order chi connectivity index (χ1) is 5.83. The monoisotopic (exact) mass is 186 g/mol. The lowest BCUT2D eigenvalue weighted by Gasteiger charge is -1.95. The molecule has 0 radical (unpaired) electrons. The predicted octanol–water partition coefficient (Wildman–Crippen LogP) is 2.68. The summed E-state index contributed by atoms with van der Waals surface area (Å²) >= 11 is 0.00259. The van der Waals surface area contributed by atoms with Crippen molar-refractivity contribution in [3.63, 3.8) is 0 Å². The molecule has 62 valence electrons. The summed E-state index contributed by atoms with van der Waals surface area (Å²) in [5.41, 5.74) is 0.405. The maximum Gasteiger partial charge on any atom is 0.153 e. The van der Waals surface area contributed by atoms with Crippen LogP contribution in [0.2, 0.25) is 0 Å². The molecule has 0 aliphatic heterocycles. The Morgan fingerprint density at radius 2 is 2.33 bits per heavy atom. The Bertz CT molecular complexity index is 413. The van der Waals surface area contributed by atoms with Crippen molar-refractivity contribution in [2.75, 3.05) is 0 Å². The Labute approximate surface area is 71.3 Å². The van der Waals surface area contributed by atoms with Gasteiger partial charge >= 0.3 is 0 Å². The number of halogens is 2. The zero-order valence-corrected chi connectivity index (χ0v) is 6.66. The van der Waals surface area contributed by atoms with Crippen LogP contribution in [0.3, 0.4) is 0 Å². The molecule has 12 heavy (non-hydrogen) atoms. The van der Waals surface area contributed by atoms with E-state index in [0.717, 1.165) is 6.20 Å².